The molecule has 3 atom stereocenters. The van der Waals surface area contributed by atoms with Gasteiger partial charge >= 0.3 is 0 Å². The third-order valence-corrected chi connectivity index (χ3v) is 6.22. The summed E-state index contributed by atoms with van der Waals surface area (Å²) in [5, 5.41) is 3.71. The summed E-state index contributed by atoms with van der Waals surface area (Å²) in [5.41, 5.74) is 0. The molecule has 2 aliphatic carbocycles. The predicted molar refractivity (Wildman–Crippen MR) is 88.9 cm³/mol. The Hall–Kier alpha value is -0.0400. The van der Waals surface area contributed by atoms with Crippen LogP contribution in [-0.4, -0.2) is 13.1 Å². The molecule has 118 valence electrons. The summed E-state index contributed by atoms with van der Waals surface area (Å²) in [6, 6.07) is 0. The van der Waals surface area contributed by atoms with Gasteiger partial charge in [-0.25, -0.2) is 0 Å². The van der Waals surface area contributed by atoms with Gasteiger partial charge in [0.25, 0.3) is 0 Å². The summed E-state index contributed by atoms with van der Waals surface area (Å²) in [4.78, 5) is 0. The Morgan fingerprint density at radius 1 is 0.950 bits per heavy atom. The fraction of sp³-hybridized carbons (Fsp3) is 1.00. The topological polar surface area (TPSA) is 12.0 Å². The second kappa shape index (κ2) is 8.41. The molecule has 2 rings (SSSR count). The van der Waals surface area contributed by atoms with E-state index >= 15 is 0 Å². The van der Waals surface area contributed by atoms with E-state index in [0.29, 0.717) is 0 Å². The van der Waals surface area contributed by atoms with E-state index < -0.39 is 0 Å². The van der Waals surface area contributed by atoms with E-state index in [2.05, 4.69) is 26.1 Å². The molecule has 0 aliphatic heterocycles. The van der Waals surface area contributed by atoms with E-state index in [1.54, 1.807) is 0 Å². The molecular formula is C19H37N. The minimum atomic E-state index is 0.973. The van der Waals surface area contributed by atoms with Crippen LogP contribution in [0.1, 0.15) is 78.6 Å². The van der Waals surface area contributed by atoms with Crippen molar-refractivity contribution in [2.75, 3.05) is 13.1 Å². The lowest BCUT2D eigenvalue weighted by Gasteiger charge is -2.42. The van der Waals surface area contributed by atoms with Crippen LogP contribution < -0.4 is 5.32 Å². The van der Waals surface area contributed by atoms with Gasteiger partial charge in [-0.15, -0.1) is 0 Å². The summed E-state index contributed by atoms with van der Waals surface area (Å²) in [6.07, 6.45) is 13.2. The maximum absolute atomic E-state index is 3.71. The second-order valence-electron chi connectivity index (χ2n) is 7.74. The molecule has 0 saturated heterocycles. The third-order valence-electron chi connectivity index (χ3n) is 6.22. The summed E-state index contributed by atoms with van der Waals surface area (Å²) in [6.45, 7) is 9.64. The summed E-state index contributed by atoms with van der Waals surface area (Å²) >= 11 is 0. The molecule has 3 unspecified atom stereocenters. The largest absolute Gasteiger partial charge is 0.316 e. The van der Waals surface area contributed by atoms with Gasteiger partial charge in [-0.2, -0.15) is 0 Å². The van der Waals surface area contributed by atoms with Crippen LogP contribution in [0.3, 0.4) is 0 Å². The van der Waals surface area contributed by atoms with E-state index in [-0.39, 0.29) is 0 Å². The number of rotatable bonds is 6. The highest BCUT2D eigenvalue weighted by Crippen LogP contribution is 2.44. The normalized spacial score (nSPS) is 38.9. The predicted octanol–water partition coefficient (Wildman–Crippen LogP) is 5.25. The van der Waals surface area contributed by atoms with Crippen molar-refractivity contribution in [2.24, 2.45) is 29.6 Å². The van der Waals surface area contributed by atoms with Gasteiger partial charge in [0, 0.05) is 0 Å². The zero-order valence-corrected chi connectivity index (χ0v) is 14.2. The third kappa shape index (κ3) is 4.48. The Morgan fingerprint density at radius 3 is 2.35 bits per heavy atom. The average molecular weight is 280 g/mol. The van der Waals surface area contributed by atoms with Crippen molar-refractivity contribution < 1.29 is 0 Å². The number of hydrogen-bond donors (Lipinski definition) is 1. The van der Waals surface area contributed by atoms with E-state index in [9.17, 15) is 0 Å². The molecular weight excluding hydrogens is 242 g/mol. The maximum atomic E-state index is 3.71. The van der Waals surface area contributed by atoms with Crippen molar-refractivity contribution in [1.82, 2.24) is 5.32 Å². The molecule has 1 heteroatoms. The molecule has 0 radical (unpaired) electrons. The Bertz CT molecular complexity index is 250. The van der Waals surface area contributed by atoms with Crippen molar-refractivity contribution in [3.63, 3.8) is 0 Å². The molecule has 2 fully saturated rings. The summed E-state index contributed by atoms with van der Waals surface area (Å²) < 4.78 is 0. The molecule has 0 aromatic heterocycles. The molecule has 0 amide bonds. The zero-order valence-electron chi connectivity index (χ0n) is 14.2. The first-order valence-electron chi connectivity index (χ1n) is 9.45. The van der Waals surface area contributed by atoms with Crippen LogP contribution in [0, 0.1) is 29.6 Å². The SMILES string of the molecule is CCCNCC1CCC(C)CC1C1CCC(CC)CC1. The highest BCUT2D eigenvalue weighted by Gasteiger charge is 2.35. The van der Waals surface area contributed by atoms with Crippen molar-refractivity contribution in [1.29, 1.82) is 0 Å². The molecule has 20 heavy (non-hydrogen) atoms. The second-order valence-corrected chi connectivity index (χ2v) is 7.74. The highest BCUT2D eigenvalue weighted by atomic mass is 14.9. The van der Waals surface area contributed by atoms with Crippen LogP contribution in [0.2, 0.25) is 0 Å². The van der Waals surface area contributed by atoms with Crippen molar-refractivity contribution >= 4 is 0 Å². The number of nitrogens with one attached hydrogen (secondary N) is 1. The van der Waals surface area contributed by atoms with E-state index in [0.717, 1.165) is 29.6 Å². The smallest absolute Gasteiger partial charge is 0.00178 e. The number of hydrogen-bond acceptors (Lipinski definition) is 1. The Labute approximate surface area is 127 Å². The Balaban J connectivity index is 1.87. The van der Waals surface area contributed by atoms with Crippen LogP contribution in [0.4, 0.5) is 0 Å². The van der Waals surface area contributed by atoms with Gasteiger partial charge in [-0.1, -0.05) is 46.5 Å². The monoisotopic (exact) mass is 279 g/mol. The van der Waals surface area contributed by atoms with Crippen molar-refractivity contribution in [2.45, 2.75) is 78.6 Å². The van der Waals surface area contributed by atoms with Gasteiger partial charge in [0.15, 0.2) is 0 Å². The molecule has 0 spiro atoms. The molecule has 0 bridgehead atoms. The minimum Gasteiger partial charge on any atom is -0.316 e. The Kier molecular flexibility index (Phi) is 6.87. The molecule has 2 saturated carbocycles. The highest BCUT2D eigenvalue weighted by molar-refractivity contribution is 4.87. The van der Waals surface area contributed by atoms with Crippen molar-refractivity contribution in [3.05, 3.63) is 0 Å². The van der Waals surface area contributed by atoms with Crippen LogP contribution in [-0.2, 0) is 0 Å². The van der Waals surface area contributed by atoms with Crippen LogP contribution >= 0.6 is 0 Å². The Morgan fingerprint density at radius 2 is 1.70 bits per heavy atom. The van der Waals surface area contributed by atoms with E-state index in [4.69, 9.17) is 0 Å². The molecule has 0 aromatic rings. The quantitative estimate of drug-likeness (QED) is 0.654. The first-order chi connectivity index (χ1) is 9.74. The van der Waals surface area contributed by atoms with Crippen LogP contribution in [0.5, 0.6) is 0 Å². The van der Waals surface area contributed by atoms with Gasteiger partial charge < -0.3 is 5.32 Å². The summed E-state index contributed by atoms with van der Waals surface area (Å²) in [7, 11) is 0. The van der Waals surface area contributed by atoms with Gasteiger partial charge in [0.05, 0.1) is 0 Å². The minimum absolute atomic E-state index is 0.973. The molecule has 2 aliphatic rings. The van der Waals surface area contributed by atoms with Gasteiger partial charge in [0.1, 0.15) is 0 Å². The van der Waals surface area contributed by atoms with Gasteiger partial charge in [-0.3, -0.25) is 0 Å². The van der Waals surface area contributed by atoms with Crippen LogP contribution in [0.15, 0.2) is 0 Å². The molecule has 0 heterocycles. The molecule has 1 N–H and O–H groups in total. The van der Waals surface area contributed by atoms with Gasteiger partial charge in [0.2, 0.25) is 0 Å². The van der Waals surface area contributed by atoms with Gasteiger partial charge in [-0.05, 0) is 74.8 Å². The standard InChI is InChI=1S/C19H37N/c1-4-12-20-14-18-9-6-15(3)13-19(18)17-10-7-16(5-2)8-11-17/h15-20H,4-14H2,1-3H3. The first-order valence-corrected chi connectivity index (χ1v) is 9.45. The lowest BCUT2D eigenvalue weighted by atomic mass is 9.64. The lowest BCUT2D eigenvalue weighted by Crippen LogP contribution is -2.37. The fourth-order valence-corrected chi connectivity index (χ4v) is 4.81. The maximum Gasteiger partial charge on any atom is -0.00178 e. The molecule has 1 nitrogen and oxygen atoms in total. The van der Waals surface area contributed by atoms with E-state index in [1.165, 1.54) is 70.9 Å². The molecule has 0 aromatic carbocycles. The zero-order chi connectivity index (χ0) is 14.4. The first kappa shape index (κ1) is 16.3. The van der Waals surface area contributed by atoms with Crippen LogP contribution in [0.25, 0.3) is 0 Å². The van der Waals surface area contributed by atoms with Crippen molar-refractivity contribution in [3.8, 4) is 0 Å². The van der Waals surface area contributed by atoms with E-state index in [1.807, 2.05) is 0 Å². The lowest BCUT2D eigenvalue weighted by molar-refractivity contribution is 0.0881. The fourth-order valence-electron chi connectivity index (χ4n) is 4.81. The summed E-state index contributed by atoms with van der Waals surface area (Å²) in [5.74, 6) is 5.08. The average Bonchev–Trinajstić information content (AvgIpc) is 2.49.